The number of carbonyl (C=O) groups excluding carboxylic acids is 1. The van der Waals surface area contributed by atoms with Crippen molar-refractivity contribution in [2.24, 2.45) is 0 Å². The van der Waals surface area contributed by atoms with Crippen molar-refractivity contribution in [3.63, 3.8) is 0 Å². The molecule has 2 aliphatic rings. The van der Waals surface area contributed by atoms with Gasteiger partial charge in [-0.1, -0.05) is 0 Å². The maximum absolute atomic E-state index is 13.4. The number of aromatic nitrogens is 2. The van der Waals surface area contributed by atoms with Gasteiger partial charge in [-0.05, 0) is 54.6 Å². The van der Waals surface area contributed by atoms with Crippen molar-refractivity contribution in [2.45, 2.75) is 18.6 Å². The molecule has 2 aromatic carbocycles. The number of ether oxygens (including phenoxy) is 2. The van der Waals surface area contributed by atoms with Gasteiger partial charge in [0, 0.05) is 31.5 Å². The van der Waals surface area contributed by atoms with Gasteiger partial charge in [0.05, 0.1) is 24.6 Å². The zero-order valence-corrected chi connectivity index (χ0v) is 16.8. The second-order valence-corrected chi connectivity index (χ2v) is 7.71. The summed E-state index contributed by atoms with van der Waals surface area (Å²) >= 11 is 0. The number of hydrogen-bond acceptors (Lipinski definition) is 4. The highest BCUT2D eigenvalue weighted by molar-refractivity contribution is 5.94. The monoisotopic (exact) mass is 425 g/mol. The fraction of sp³-hybridized carbons (Fsp3) is 0.304. The van der Waals surface area contributed by atoms with Crippen molar-refractivity contribution in [1.82, 2.24) is 14.7 Å². The highest BCUT2D eigenvalue weighted by Gasteiger charge is 2.41. The largest absolute Gasteiger partial charge is 0.347 e. The third-order valence-corrected chi connectivity index (χ3v) is 5.77. The van der Waals surface area contributed by atoms with E-state index >= 15 is 0 Å². The van der Waals surface area contributed by atoms with E-state index in [0.29, 0.717) is 61.8 Å². The van der Waals surface area contributed by atoms with Gasteiger partial charge < -0.3 is 14.4 Å². The topological polar surface area (TPSA) is 56.6 Å². The van der Waals surface area contributed by atoms with E-state index in [0.717, 1.165) is 0 Å². The summed E-state index contributed by atoms with van der Waals surface area (Å²) in [6.07, 6.45) is 1.21. The first-order valence-electron chi connectivity index (χ1n) is 10.2. The first kappa shape index (κ1) is 19.8. The second kappa shape index (κ2) is 7.86. The maximum Gasteiger partial charge on any atom is 0.272 e. The van der Waals surface area contributed by atoms with Crippen LogP contribution in [0.4, 0.5) is 8.78 Å². The van der Waals surface area contributed by atoms with E-state index < -0.39 is 5.79 Å². The van der Waals surface area contributed by atoms with E-state index in [1.807, 2.05) is 0 Å². The molecule has 0 saturated carbocycles. The number of amides is 1. The van der Waals surface area contributed by atoms with Gasteiger partial charge in [0.15, 0.2) is 5.79 Å². The van der Waals surface area contributed by atoms with Crippen LogP contribution in [0, 0.1) is 11.6 Å². The van der Waals surface area contributed by atoms with Gasteiger partial charge in [-0.3, -0.25) is 4.79 Å². The van der Waals surface area contributed by atoms with Crippen molar-refractivity contribution >= 4 is 5.91 Å². The van der Waals surface area contributed by atoms with Crippen molar-refractivity contribution in [3.8, 4) is 16.9 Å². The van der Waals surface area contributed by atoms with Crippen LogP contribution in [-0.2, 0) is 9.47 Å². The Bertz CT molecular complexity index is 1080. The molecule has 0 atom stereocenters. The van der Waals surface area contributed by atoms with Crippen LogP contribution in [0.1, 0.15) is 23.3 Å². The number of nitrogens with zero attached hydrogens (tertiary/aromatic N) is 3. The molecular weight excluding hydrogens is 404 g/mol. The van der Waals surface area contributed by atoms with Crippen LogP contribution in [-0.4, -0.2) is 52.7 Å². The minimum absolute atomic E-state index is 0.182. The minimum Gasteiger partial charge on any atom is -0.347 e. The van der Waals surface area contributed by atoms with E-state index in [4.69, 9.17) is 9.47 Å². The van der Waals surface area contributed by atoms with Gasteiger partial charge in [0.25, 0.3) is 5.91 Å². The van der Waals surface area contributed by atoms with Crippen LogP contribution >= 0.6 is 0 Å². The molecule has 3 aromatic rings. The average Bonchev–Trinajstić information content (AvgIpc) is 3.43. The van der Waals surface area contributed by atoms with Gasteiger partial charge in [-0.2, -0.15) is 5.10 Å². The summed E-state index contributed by atoms with van der Waals surface area (Å²) in [5.41, 5.74) is 2.13. The molecule has 0 N–H and O–H groups in total. The molecule has 3 heterocycles. The number of halogens is 2. The minimum atomic E-state index is -0.576. The Morgan fingerprint density at radius 2 is 1.48 bits per heavy atom. The third-order valence-electron chi connectivity index (χ3n) is 5.77. The van der Waals surface area contributed by atoms with E-state index in [1.165, 1.54) is 28.9 Å². The normalized spacial score (nSPS) is 17.9. The number of benzene rings is 2. The zero-order valence-electron chi connectivity index (χ0n) is 16.8. The SMILES string of the molecule is O=C(c1cc(-c2ccc(F)cc2)nn1-c1ccc(F)cc1)N1CCC2(CC1)OCCO2. The van der Waals surface area contributed by atoms with E-state index in [9.17, 15) is 13.6 Å². The molecule has 1 amide bonds. The number of piperidine rings is 1. The van der Waals surface area contributed by atoms with Gasteiger partial charge in [-0.25, -0.2) is 13.5 Å². The lowest BCUT2D eigenvalue weighted by Gasteiger charge is -2.37. The predicted molar refractivity (Wildman–Crippen MR) is 109 cm³/mol. The molecule has 1 aromatic heterocycles. The highest BCUT2D eigenvalue weighted by Crippen LogP contribution is 2.32. The van der Waals surface area contributed by atoms with Crippen LogP contribution in [0.3, 0.4) is 0 Å². The molecule has 2 fully saturated rings. The van der Waals surface area contributed by atoms with E-state index in [-0.39, 0.29) is 17.5 Å². The van der Waals surface area contributed by atoms with Crippen molar-refractivity contribution in [3.05, 3.63) is 71.9 Å². The summed E-state index contributed by atoms with van der Waals surface area (Å²) in [7, 11) is 0. The molecule has 8 heteroatoms. The van der Waals surface area contributed by atoms with Crippen LogP contribution in [0.25, 0.3) is 16.9 Å². The lowest BCUT2D eigenvalue weighted by molar-refractivity contribution is -0.181. The summed E-state index contributed by atoms with van der Waals surface area (Å²) in [6.45, 7) is 2.15. The molecule has 0 radical (unpaired) electrons. The smallest absolute Gasteiger partial charge is 0.272 e. The molecule has 2 saturated heterocycles. The Kier molecular flexibility index (Phi) is 5.03. The van der Waals surface area contributed by atoms with E-state index in [1.54, 1.807) is 35.2 Å². The van der Waals surface area contributed by atoms with Gasteiger partial charge >= 0.3 is 0 Å². The van der Waals surface area contributed by atoms with E-state index in [2.05, 4.69) is 5.10 Å². The fourth-order valence-corrected chi connectivity index (χ4v) is 4.07. The fourth-order valence-electron chi connectivity index (χ4n) is 4.07. The van der Waals surface area contributed by atoms with Crippen LogP contribution < -0.4 is 0 Å². The Hall–Kier alpha value is -3.10. The summed E-state index contributed by atoms with van der Waals surface area (Å²) in [5, 5.41) is 4.57. The lowest BCUT2D eigenvalue weighted by atomic mass is 10.0. The predicted octanol–water partition coefficient (Wildman–Crippen LogP) is 3.80. The molecule has 31 heavy (non-hydrogen) atoms. The van der Waals surface area contributed by atoms with Crippen molar-refractivity contribution in [1.29, 1.82) is 0 Å². The first-order valence-corrected chi connectivity index (χ1v) is 10.2. The highest BCUT2D eigenvalue weighted by atomic mass is 19.1. The van der Waals surface area contributed by atoms with Crippen LogP contribution in [0.5, 0.6) is 0 Å². The summed E-state index contributed by atoms with van der Waals surface area (Å²) in [6, 6.07) is 13.4. The standard InChI is InChI=1S/C23H21F2N3O3/c24-17-3-1-16(2-4-17)20-15-21(28(26-20)19-7-5-18(25)6-8-19)22(29)27-11-9-23(10-12-27)30-13-14-31-23/h1-8,15H,9-14H2. The molecular formula is C23H21F2N3O3. The molecule has 2 aliphatic heterocycles. The summed E-state index contributed by atoms with van der Waals surface area (Å²) < 4.78 is 39.8. The number of hydrogen-bond donors (Lipinski definition) is 0. The van der Waals surface area contributed by atoms with Gasteiger partial charge in [-0.15, -0.1) is 0 Å². The van der Waals surface area contributed by atoms with Crippen molar-refractivity contribution in [2.75, 3.05) is 26.3 Å². The quantitative estimate of drug-likeness (QED) is 0.641. The number of likely N-dealkylation sites (tertiary alicyclic amines) is 1. The Morgan fingerprint density at radius 1 is 0.903 bits per heavy atom. The summed E-state index contributed by atoms with van der Waals surface area (Å²) in [4.78, 5) is 15.2. The molecule has 0 bridgehead atoms. The number of rotatable bonds is 3. The van der Waals surface area contributed by atoms with Crippen LogP contribution in [0.15, 0.2) is 54.6 Å². The Balaban J connectivity index is 1.48. The average molecular weight is 425 g/mol. The molecule has 1 spiro atoms. The van der Waals surface area contributed by atoms with Gasteiger partial charge in [0.2, 0.25) is 0 Å². The van der Waals surface area contributed by atoms with Crippen LogP contribution in [0.2, 0.25) is 0 Å². The number of carbonyl (C=O) groups is 1. The lowest BCUT2D eigenvalue weighted by Crippen LogP contribution is -2.47. The second-order valence-electron chi connectivity index (χ2n) is 7.71. The Morgan fingerprint density at radius 3 is 2.10 bits per heavy atom. The molecule has 6 nitrogen and oxygen atoms in total. The Labute approximate surface area is 178 Å². The molecule has 5 rings (SSSR count). The zero-order chi connectivity index (χ0) is 21.4. The summed E-state index contributed by atoms with van der Waals surface area (Å²) in [5.74, 6) is -1.48. The van der Waals surface area contributed by atoms with Crippen molar-refractivity contribution < 1.29 is 23.0 Å². The first-order chi connectivity index (χ1) is 15.0. The molecule has 0 aliphatic carbocycles. The molecule has 0 unspecified atom stereocenters. The third kappa shape index (κ3) is 3.84. The maximum atomic E-state index is 13.4. The molecule has 160 valence electrons. The van der Waals surface area contributed by atoms with Gasteiger partial charge in [0.1, 0.15) is 17.3 Å².